The normalized spacial score (nSPS) is 16.1. The number of pyridine rings is 1. The molecule has 4 rings (SSSR count). The average molecular weight is 366 g/mol. The van der Waals surface area contributed by atoms with Gasteiger partial charge in [-0.2, -0.15) is 0 Å². The van der Waals surface area contributed by atoms with Crippen LogP contribution in [0.5, 0.6) is 0 Å². The van der Waals surface area contributed by atoms with Gasteiger partial charge in [0.1, 0.15) is 0 Å². The number of benzene rings is 1. The van der Waals surface area contributed by atoms with Crippen LogP contribution < -0.4 is 5.32 Å². The summed E-state index contributed by atoms with van der Waals surface area (Å²) in [5.41, 5.74) is 7.46. The average Bonchev–Trinajstić information content (AvgIpc) is 2.99. The molecule has 0 saturated carbocycles. The molecule has 1 amide bonds. The first-order chi connectivity index (χ1) is 12.6. The highest BCUT2D eigenvalue weighted by Gasteiger charge is 2.21. The van der Waals surface area contributed by atoms with Gasteiger partial charge in [0.05, 0.1) is 27.6 Å². The molecule has 3 aromatic rings. The number of amides is 1. The van der Waals surface area contributed by atoms with Gasteiger partial charge in [0, 0.05) is 38.2 Å². The standard InChI is InChI=1S/C20H22N4OS/c1-13(15-3-4-20-19(10-15)22-12-26-20)24-7-5-16-9-17(23-14(2)25)11-21-18(16)6-8-24/h3-4,9-13H,5-8H2,1-2H3,(H,23,25)/t13-/m0/s1. The Morgan fingerprint density at radius 3 is 2.92 bits per heavy atom. The van der Waals surface area contributed by atoms with E-state index in [0.717, 1.165) is 42.8 Å². The second kappa shape index (κ2) is 7.13. The van der Waals surface area contributed by atoms with Gasteiger partial charge in [0.15, 0.2) is 0 Å². The van der Waals surface area contributed by atoms with Gasteiger partial charge in [-0.25, -0.2) is 4.98 Å². The topological polar surface area (TPSA) is 58.1 Å². The largest absolute Gasteiger partial charge is 0.325 e. The van der Waals surface area contributed by atoms with E-state index in [0.29, 0.717) is 6.04 Å². The highest BCUT2D eigenvalue weighted by atomic mass is 32.1. The second-order valence-electron chi connectivity index (χ2n) is 6.80. The lowest BCUT2D eigenvalue weighted by molar-refractivity contribution is -0.114. The lowest BCUT2D eigenvalue weighted by Gasteiger charge is -2.27. The van der Waals surface area contributed by atoms with Crippen molar-refractivity contribution in [2.45, 2.75) is 32.7 Å². The zero-order valence-electron chi connectivity index (χ0n) is 15.0. The van der Waals surface area contributed by atoms with Gasteiger partial charge in [-0.3, -0.25) is 14.7 Å². The van der Waals surface area contributed by atoms with Crippen molar-refractivity contribution < 1.29 is 4.79 Å². The summed E-state index contributed by atoms with van der Waals surface area (Å²) in [4.78, 5) is 22.8. The van der Waals surface area contributed by atoms with Gasteiger partial charge >= 0.3 is 0 Å². The summed E-state index contributed by atoms with van der Waals surface area (Å²) in [6.45, 7) is 5.75. The zero-order valence-corrected chi connectivity index (χ0v) is 15.8. The van der Waals surface area contributed by atoms with E-state index in [4.69, 9.17) is 0 Å². The Kier molecular flexibility index (Phi) is 4.70. The van der Waals surface area contributed by atoms with Crippen molar-refractivity contribution in [3.63, 3.8) is 0 Å². The third-order valence-electron chi connectivity index (χ3n) is 5.07. The van der Waals surface area contributed by atoms with Crippen LogP contribution in [0.1, 0.15) is 36.7 Å². The minimum atomic E-state index is -0.0620. The number of hydrogen-bond acceptors (Lipinski definition) is 5. The minimum absolute atomic E-state index is 0.0620. The number of nitrogens with zero attached hydrogens (tertiary/aromatic N) is 3. The maximum absolute atomic E-state index is 11.3. The molecule has 0 radical (unpaired) electrons. The zero-order chi connectivity index (χ0) is 18.1. The van der Waals surface area contributed by atoms with E-state index < -0.39 is 0 Å². The minimum Gasteiger partial charge on any atom is -0.325 e. The molecule has 0 unspecified atom stereocenters. The van der Waals surface area contributed by atoms with Gasteiger partial charge in [-0.1, -0.05) is 6.07 Å². The van der Waals surface area contributed by atoms with Gasteiger partial charge in [0.25, 0.3) is 0 Å². The molecule has 0 fully saturated rings. The quantitative estimate of drug-likeness (QED) is 0.766. The van der Waals surface area contributed by atoms with Gasteiger partial charge < -0.3 is 5.32 Å². The van der Waals surface area contributed by atoms with E-state index in [9.17, 15) is 4.79 Å². The number of aromatic nitrogens is 2. The molecule has 6 heteroatoms. The van der Waals surface area contributed by atoms with E-state index >= 15 is 0 Å². The van der Waals surface area contributed by atoms with Crippen LogP contribution in [-0.4, -0.2) is 33.9 Å². The van der Waals surface area contributed by atoms with Crippen LogP contribution in [0.15, 0.2) is 36.0 Å². The van der Waals surface area contributed by atoms with Crippen molar-refractivity contribution in [1.82, 2.24) is 14.9 Å². The Morgan fingerprint density at radius 1 is 1.23 bits per heavy atom. The third kappa shape index (κ3) is 3.48. The molecular formula is C20H22N4OS. The predicted molar refractivity (Wildman–Crippen MR) is 106 cm³/mol. The number of anilines is 1. The SMILES string of the molecule is CC(=O)Nc1cnc2c(c1)CCN([C@@H](C)c1ccc3scnc3c1)CC2. The first-order valence-electron chi connectivity index (χ1n) is 8.93. The summed E-state index contributed by atoms with van der Waals surface area (Å²) in [5.74, 6) is -0.0620. The molecule has 0 saturated heterocycles. The van der Waals surface area contributed by atoms with Crippen LogP contribution in [0, 0.1) is 0 Å². The smallest absolute Gasteiger partial charge is 0.221 e. The van der Waals surface area contributed by atoms with Gasteiger partial charge in [-0.05, 0) is 42.7 Å². The number of carbonyl (C=O) groups is 1. The molecule has 134 valence electrons. The summed E-state index contributed by atoms with van der Waals surface area (Å²) in [6.07, 6.45) is 3.63. The third-order valence-corrected chi connectivity index (χ3v) is 5.88. The number of rotatable bonds is 3. The molecule has 26 heavy (non-hydrogen) atoms. The number of carbonyl (C=O) groups excluding carboxylic acids is 1. The molecule has 5 nitrogen and oxygen atoms in total. The molecule has 2 aromatic heterocycles. The Labute approximate surface area is 157 Å². The maximum Gasteiger partial charge on any atom is 0.221 e. The highest BCUT2D eigenvalue weighted by Crippen LogP contribution is 2.28. The summed E-state index contributed by atoms with van der Waals surface area (Å²) >= 11 is 1.68. The molecule has 3 heterocycles. The summed E-state index contributed by atoms with van der Waals surface area (Å²) in [5, 5.41) is 2.83. The van der Waals surface area contributed by atoms with Crippen molar-refractivity contribution in [1.29, 1.82) is 0 Å². The second-order valence-corrected chi connectivity index (χ2v) is 7.69. The molecule has 1 atom stereocenters. The summed E-state index contributed by atoms with van der Waals surface area (Å²) in [6, 6.07) is 9.01. The number of fused-ring (bicyclic) bond motifs is 2. The number of hydrogen-bond donors (Lipinski definition) is 1. The van der Waals surface area contributed by atoms with E-state index in [1.165, 1.54) is 22.8 Å². The van der Waals surface area contributed by atoms with Gasteiger partial charge in [-0.15, -0.1) is 11.3 Å². The molecule has 1 aliphatic heterocycles. The molecule has 0 spiro atoms. The summed E-state index contributed by atoms with van der Waals surface area (Å²) in [7, 11) is 0. The Balaban J connectivity index is 1.51. The fraction of sp³-hybridized carbons (Fsp3) is 0.350. The van der Waals surface area contributed by atoms with E-state index in [1.54, 1.807) is 17.5 Å². The summed E-state index contributed by atoms with van der Waals surface area (Å²) < 4.78 is 1.24. The molecular weight excluding hydrogens is 344 g/mol. The lowest BCUT2D eigenvalue weighted by atomic mass is 10.1. The van der Waals surface area contributed by atoms with Crippen molar-refractivity contribution in [2.24, 2.45) is 0 Å². The maximum atomic E-state index is 11.3. The first kappa shape index (κ1) is 17.1. The Hall–Kier alpha value is -2.31. The Bertz CT molecular complexity index is 952. The molecule has 0 bridgehead atoms. The predicted octanol–water partition coefficient (Wildman–Crippen LogP) is 3.81. The molecule has 0 aliphatic carbocycles. The van der Waals surface area contributed by atoms with E-state index in [2.05, 4.69) is 51.4 Å². The van der Waals surface area contributed by atoms with E-state index in [-0.39, 0.29) is 5.91 Å². The lowest BCUT2D eigenvalue weighted by Crippen LogP contribution is -2.29. The van der Waals surface area contributed by atoms with Crippen LogP contribution in [0.25, 0.3) is 10.2 Å². The van der Waals surface area contributed by atoms with Crippen molar-refractivity contribution in [3.8, 4) is 0 Å². The van der Waals surface area contributed by atoms with Gasteiger partial charge in [0.2, 0.25) is 5.91 Å². The van der Waals surface area contributed by atoms with Crippen LogP contribution in [0.3, 0.4) is 0 Å². The van der Waals surface area contributed by atoms with Crippen molar-refractivity contribution in [2.75, 3.05) is 18.4 Å². The van der Waals surface area contributed by atoms with E-state index in [1.807, 2.05) is 5.51 Å². The highest BCUT2D eigenvalue weighted by molar-refractivity contribution is 7.16. The number of thiazole rings is 1. The van der Waals surface area contributed by atoms with Crippen molar-refractivity contribution >= 4 is 33.1 Å². The molecule has 1 aromatic carbocycles. The fourth-order valence-corrected chi connectivity index (χ4v) is 4.27. The number of nitrogens with one attached hydrogen (secondary N) is 1. The molecule has 1 N–H and O–H groups in total. The van der Waals surface area contributed by atoms with Crippen LogP contribution in [-0.2, 0) is 17.6 Å². The molecule has 1 aliphatic rings. The fourth-order valence-electron chi connectivity index (χ4n) is 3.61. The van der Waals surface area contributed by atoms with Crippen LogP contribution in [0.4, 0.5) is 5.69 Å². The van der Waals surface area contributed by atoms with Crippen LogP contribution >= 0.6 is 11.3 Å². The Morgan fingerprint density at radius 2 is 2.08 bits per heavy atom. The van der Waals surface area contributed by atoms with Crippen LogP contribution in [0.2, 0.25) is 0 Å². The monoisotopic (exact) mass is 366 g/mol. The first-order valence-corrected chi connectivity index (χ1v) is 9.81. The van der Waals surface area contributed by atoms with Crippen molar-refractivity contribution in [3.05, 3.63) is 52.8 Å².